The highest BCUT2D eigenvalue weighted by molar-refractivity contribution is 5.97. The average molecular weight is 294 g/mol. The van der Waals surface area contributed by atoms with Gasteiger partial charge in [-0.25, -0.2) is 13.8 Å². The molecule has 0 fully saturated rings. The first-order valence-electron chi connectivity index (χ1n) is 5.96. The molecule has 7 heteroatoms. The van der Waals surface area contributed by atoms with E-state index < -0.39 is 28.9 Å². The predicted molar refractivity (Wildman–Crippen MR) is 70.0 cm³/mol. The second-order valence-electron chi connectivity index (χ2n) is 4.17. The Morgan fingerprint density at radius 1 is 1.38 bits per heavy atom. The minimum Gasteiger partial charge on any atom is -0.507 e. The van der Waals surface area contributed by atoms with Crippen molar-refractivity contribution < 1.29 is 23.4 Å². The molecule has 0 aliphatic carbocycles. The Balaban J connectivity index is 2.12. The van der Waals surface area contributed by atoms with Crippen LogP contribution in [0, 0.1) is 11.6 Å². The number of aromatic hydroxyl groups is 1. The number of hydrogen-bond acceptors (Lipinski definition) is 4. The average Bonchev–Trinajstić information content (AvgIpc) is 2.44. The highest BCUT2D eigenvalue weighted by Crippen LogP contribution is 2.22. The van der Waals surface area contributed by atoms with Gasteiger partial charge in [-0.15, -0.1) is 0 Å². The second-order valence-corrected chi connectivity index (χ2v) is 4.17. The van der Waals surface area contributed by atoms with Crippen LogP contribution in [0.4, 0.5) is 8.78 Å². The number of hydrogen-bond donors (Lipinski definition) is 2. The maximum absolute atomic E-state index is 13.5. The minimum absolute atomic E-state index is 0.0774. The number of phenols is 1. The summed E-state index contributed by atoms with van der Waals surface area (Å²) in [7, 11) is 1.45. The second kappa shape index (κ2) is 6.17. The number of nitrogens with zero attached hydrogens (tertiary/aromatic N) is 1. The normalized spacial score (nSPS) is 10.2. The number of rotatable bonds is 4. The lowest BCUT2D eigenvalue weighted by molar-refractivity contribution is 0.0943. The van der Waals surface area contributed by atoms with Gasteiger partial charge in [0.15, 0.2) is 0 Å². The number of aromatic nitrogens is 1. The fourth-order valence-electron chi connectivity index (χ4n) is 1.73. The van der Waals surface area contributed by atoms with E-state index in [0.717, 1.165) is 0 Å². The lowest BCUT2D eigenvalue weighted by Crippen LogP contribution is -2.24. The third kappa shape index (κ3) is 3.44. The molecule has 21 heavy (non-hydrogen) atoms. The first kappa shape index (κ1) is 14.7. The lowest BCUT2D eigenvalue weighted by atomic mass is 10.1. The van der Waals surface area contributed by atoms with Crippen molar-refractivity contribution in [3.05, 3.63) is 53.2 Å². The van der Waals surface area contributed by atoms with Gasteiger partial charge in [0.2, 0.25) is 5.88 Å². The molecule has 5 nitrogen and oxygen atoms in total. The Labute approximate surface area is 119 Å². The Morgan fingerprint density at radius 3 is 2.81 bits per heavy atom. The van der Waals surface area contributed by atoms with Gasteiger partial charge in [-0.1, -0.05) is 0 Å². The van der Waals surface area contributed by atoms with Crippen molar-refractivity contribution in [3.8, 4) is 11.6 Å². The van der Waals surface area contributed by atoms with Crippen LogP contribution in [0.15, 0.2) is 30.5 Å². The Morgan fingerprint density at radius 2 is 2.14 bits per heavy atom. The molecule has 1 heterocycles. The molecule has 0 unspecified atom stereocenters. The van der Waals surface area contributed by atoms with E-state index in [0.29, 0.717) is 23.6 Å². The molecule has 2 rings (SSSR count). The summed E-state index contributed by atoms with van der Waals surface area (Å²) >= 11 is 0. The highest BCUT2D eigenvalue weighted by Gasteiger charge is 2.18. The molecule has 1 aromatic carbocycles. The number of ether oxygens (including phenoxy) is 1. The first-order chi connectivity index (χ1) is 10.0. The molecule has 0 bridgehead atoms. The first-order valence-corrected chi connectivity index (χ1v) is 5.96. The van der Waals surface area contributed by atoms with E-state index >= 15 is 0 Å². The summed E-state index contributed by atoms with van der Waals surface area (Å²) in [6.45, 7) is 0.0774. The van der Waals surface area contributed by atoms with Crippen LogP contribution in [0.25, 0.3) is 0 Å². The van der Waals surface area contributed by atoms with E-state index in [9.17, 15) is 18.7 Å². The number of carbonyl (C=O) groups is 1. The molecule has 2 N–H and O–H groups in total. The van der Waals surface area contributed by atoms with Crippen LogP contribution in [0.1, 0.15) is 15.9 Å². The fourth-order valence-corrected chi connectivity index (χ4v) is 1.73. The summed E-state index contributed by atoms with van der Waals surface area (Å²) in [5, 5.41) is 11.9. The number of pyridine rings is 1. The predicted octanol–water partition coefficient (Wildman–Crippen LogP) is 2.00. The molecule has 0 saturated heterocycles. The van der Waals surface area contributed by atoms with Crippen LogP contribution in [-0.4, -0.2) is 23.1 Å². The van der Waals surface area contributed by atoms with E-state index in [1.54, 1.807) is 12.1 Å². The summed E-state index contributed by atoms with van der Waals surface area (Å²) < 4.78 is 31.3. The van der Waals surface area contributed by atoms with Crippen LogP contribution in [-0.2, 0) is 6.54 Å². The van der Waals surface area contributed by atoms with Gasteiger partial charge in [0, 0.05) is 30.9 Å². The summed E-state index contributed by atoms with van der Waals surface area (Å²) in [5.41, 5.74) is 0.0784. The molecular formula is C14H12F2N2O3. The molecule has 1 aromatic heterocycles. The van der Waals surface area contributed by atoms with Crippen LogP contribution < -0.4 is 10.1 Å². The smallest absolute Gasteiger partial charge is 0.258 e. The minimum atomic E-state index is -1.13. The Kier molecular flexibility index (Phi) is 4.32. The monoisotopic (exact) mass is 294 g/mol. The van der Waals surface area contributed by atoms with Crippen LogP contribution in [0.3, 0.4) is 0 Å². The van der Waals surface area contributed by atoms with Gasteiger partial charge in [-0.2, -0.15) is 0 Å². The molecule has 0 aliphatic heterocycles. The summed E-state index contributed by atoms with van der Waals surface area (Å²) in [4.78, 5) is 15.7. The number of phenolic OH excluding ortho intramolecular Hbond substituents is 1. The van der Waals surface area contributed by atoms with Crippen molar-refractivity contribution in [2.75, 3.05) is 7.11 Å². The van der Waals surface area contributed by atoms with Gasteiger partial charge in [0.1, 0.15) is 22.9 Å². The number of amides is 1. The van der Waals surface area contributed by atoms with Crippen molar-refractivity contribution in [1.29, 1.82) is 0 Å². The van der Waals surface area contributed by atoms with Gasteiger partial charge < -0.3 is 15.2 Å². The number of halogens is 2. The van der Waals surface area contributed by atoms with Gasteiger partial charge >= 0.3 is 0 Å². The standard InChI is InChI=1S/C14H12F2N2O3/c1-21-12-4-8(2-3-17-12)7-18-14(20)13-10(16)5-9(15)6-11(13)19/h2-6,19H,7H2,1H3,(H,18,20). The zero-order chi connectivity index (χ0) is 15.4. The number of carbonyl (C=O) groups excluding carboxylic acids is 1. The largest absolute Gasteiger partial charge is 0.507 e. The van der Waals surface area contributed by atoms with Gasteiger partial charge in [-0.3, -0.25) is 4.79 Å². The van der Waals surface area contributed by atoms with E-state index in [4.69, 9.17) is 4.74 Å². The quantitative estimate of drug-likeness (QED) is 0.905. The molecule has 0 spiro atoms. The van der Waals surface area contributed by atoms with Crippen molar-refractivity contribution in [2.24, 2.45) is 0 Å². The van der Waals surface area contributed by atoms with Crippen LogP contribution >= 0.6 is 0 Å². The Hall–Kier alpha value is -2.70. The van der Waals surface area contributed by atoms with Gasteiger partial charge in [0.25, 0.3) is 5.91 Å². The number of nitrogens with one attached hydrogen (secondary N) is 1. The maximum Gasteiger partial charge on any atom is 0.258 e. The van der Waals surface area contributed by atoms with E-state index in [1.807, 2.05) is 0 Å². The van der Waals surface area contributed by atoms with Crippen molar-refractivity contribution in [3.63, 3.8) is 0 Å². The van der Waals surface area contributed by atoms with Gasteiger partial charge in [0.05, 0.1) is 7.11 Å². The van der Waals surface area contributed by atoms with E-state index in [-0.39, 0.29) is 6.54 Å². The molecule has 0 saturated carbocycles. The summed E-state index contributed by atoms with van der Waals surface area (Å²) in [5.74, 6) is -3.31. The fraction of sp³-hybridized carbons (Fsp3) is 0.143. The highest BCUT2D eigenvalue weighted by atomic mass is 19.1. The van der Waals surface area contributed by atoms with Crippen molar-refractivity contribution in [2.45, 2.75) is 6.54 Å². The molecule has 110 valence electrons. The molecule has 0 aliphatic rings. The van der Waals surface area contributed by atoms with Crippen LogP contribution in [0.5, 0.6) is 11.6 Å². The topological polar surface area (TPSA) is 71.5 Å². The van der Waals surface area contributed by atoms with Crippen LogP contribution in [0.2, 0.25) is 0 Å². The summed E-state index contributed by atoms with van der Waals surface area (Å²) in [6, 6.07) is 4.45. The molecule has 2 aromatic rings. The van der Waals surface area contributed by atoms with E-state index in [2.05, 4.69) is 10.3 Å². The third-order valence-corrected chi connectivity index (χ3v) is 2.72. The zero-order valence-electron chi connectivity index (χ0n) is 11.1. The third-order valence-electron chi connectivity index (χ3n) is 2.72. The Bertz CT molecular complexity index is 654. The van der Waals surface area contributed by atoms with Gasteiger partial charge in [-0.05, 0) is 11.6 Å². The van der Waals surface area contributed by atoms with E-state index in [1.165, 1.54) is 13.3 Å². The zero-order valence-corrected chi connectivity index (χ0v) is 11.1. The lowest BCUT2D eigenvalue weighted by Gasteiger charge is -2.08. The SMILES string of the molecule is COc1cc(CNC(=O)c2c(O)cc(F)cc2F)ccn1. The summed E-state index contributed by atoms with van der Waals surface area (Å²) in [6.07, 6.45) is 1.50. The van der Waals surface area contributed by atoms with Crippen molar-refractivity contribution >= 4 is 5.91 Å². The molecule has 0 radical (unpaired) electrons. The number of benzene rings is 1. The molecule has 0 atom stereocenters. The van der Waals surface area contributed by atoms with Crippen molar-refractivity contribution in [1.82, 2.24) is 10.3 Å². The maximum atomic E-state index is 13.5. The molecule has 1 amide bonds. The number of methoxy groups -OCH3 is 1. The molecular weight excluding hydrogens is 282 g/mol.